The second-order valence-corrected chi connectivity index (χ2v) is 8.75. The van der Waals surface area contributed by atoms with Crippen molar-refractivity contribution in [1.82, 2.24) is 10.2 Å². The number of hydrogen-bond donors (Lipinski definition) is 3. The molecule has 0 saturated heterocycles. The summed E-state index contributed by atoms with van der Waals surface area (Å²) in [5, 5.41) is 16.6. The van der Waals surface area contributed by atoms with E-state index in [4.69, 9.17) is 4.74 Å². The van der Waals surface area contributed by atoms with E-state index in [1.807, 2.05) is 24.3 Å². The van der Waals surface area contributed by atoms with Crippen molar-refractivity contribution in [3.63, 3.8) is 0 Å². The van der Waals surface area contributed by atoms with Gasteiger partial charge in [0.05, 0.1) is 11.5 Å². The fourth-order valence-electron chi connectivity index (χ4n) is 4.04. The first-order chi connectivity index (χ1) is 13.1. The van der Waals surface area contributed by atoms with Crippen molar-refractivity contribution in [2.24, 2.45) is 5.92 Å². The quantitative estimate of drug-likeness (QED) is 0.558. The zero-order valence-electron chi connectivity index (χ0n) is 16.8. The van der Waals surface area contributed by atoms with Crippen LogP contribution in [0.25, 0.3) is 0 Å². The Morgan fingerprint density at radius 2 is 1.96 bits per heavy atom. The highest BCUT2D eigenvalue weighted by molar-refractivity contribution is 5.77. The Hall–Kier alpha value is -2.60. The fraction of sp³-hybridized carbons (Fsp3) is 0.455. The molecule has 3 rings (SSSR count). The number of aromatic amines is 2. The highest BCUT2D eigenvalue weighted by Gasteiger charge is 2.51. The van der Waals surface area contributed by atoms with Gasteiger partial charge in [-0.2, -0.15) is 0 Å². The van der Waals surface area contributed by atoms with Gasteiger partial charge in [-0.15, -0.1) is 0 Å². The fourth-order valence-corrected chi connectivity index (χ4v) is 4.04. The van der Waals surface area contributed by atoms with Crippen molar-refractivity contribution in [2.75, 3.05) is 6.61 Å². The molecule has 0 unspecified atom stereocenters. The molecule has 6 nitrogen and oxygen atoms in total. The van der Waals surface area contributed by atoms with Crippen LogP contribution in [0.2, 0.25) is 0 Å². The van der Waals surface area contributed by atoms with Gasteiger partial charge in [-0.25, -0.2) is 0 Å². The molecule has 3 N–H and O–H groups in total. The number of benzene rings is 1. The summed E-state index contributed by atoms with van der Waals surface area (Å²) in [5.41, 5.74) is 1.37. The summed E-state index contributed by atoms with van der Waals surface area (Å²) >= 11 is 0. The Morgan fingerprint density at radius 3 is 2.54 bits per heavy atom. The standard InChI is InChI=1S/C22H28N2O4/c1-6-11-28-20(26)18-16(13-7-9-14(10-8-13)21(2,3)4)17-15(12-22(18,5)27)23-24-19(17)25/h6-10,16,18,27H,1,11-12H2,2-5H3,(H2,23,24,25)/t16-,18-,22-/m0/s1. The molecule has 28 heavy (non-hydrogen) atoms. The lowest BCUT2D eigenvalue weighted by Crippen LogP contribution is -2.50. The molecule has 3 atom stereocenters. The second kappa shape index (κ2) is 7.09. The number of carbonyl (C=O) groups is 1. The molecule has 2 aromatic rings. The third-order valence-electron chi connectivity index (χ3n) is 5.48. The average Bonchev–Trinajstić information content (AvgIpc) is 2.97. The Balaban J connectivity index is 2.14. The van der Waals surface area contributed by atoms with Gasteiger partial charge >= 0.3 is 5.97 Å². The van der Waals surface area contributed by atoms with Crippen LogP contribution in [0.5, 0.6) is 0 Å². The summed E-state index contributed by atoms with van der Waals surface area (Å²) in [6.45, 7) is 11.6. The number of carbonyl (C=O) groups excluding carboxylic acids is 1. The van der Waals surface area contributed by atoms with Gasteiger partial charge in [-0.05, 0) is 23.5 Å². The largest absolute Gasteiger partial charge is 0.461 e. The lowest BCUT2D eigenvalue weighted by atomic mass is 9.66. The lowest BCUT2D eigenvalue weighted by Gasteiger charge is -2.40. The van der Waals surface area contributed by atoms with Crippen LogP contribution < -0.4 is 5.56 Å². The zero-order chi connectivity index (χ0) is 20.7. The first kappa shape index (κ1) is 20.1. The van der Waals surface area contributed by atoms with Crippen LogP contribution in [0.1, 0.15) is 56.0 Å². The van der Waals surface area contributed by atoms with Crippen LogP contribution in [-0.2, 0) is 21.4 Å². The third kappa shape index (κ3) is 3.56. The number of nitrogens with one attached hydrogen (secondary N) is 2. The second-order valence-electron chi connectivity index (χ2n) is 8.75. The summed E-state index contributed by atoms with van der Waals surface area (Å²) in [4.78, 5) is 25.4. The maximum Gasteiger partial charge on any atom is 0.313 e. The Morgan fingerprint density at radius 1 is 1.32 bits per heavy atom. The highest BCUT2D eigenvalue weighted by atomic mass is 16.5. The SMILES string of the molecule is C=CCOC(=O)[C@@H]1[C@@H](c2ccc(C(C)(C)C)cc2)c2c([nH][nH]c2=O)C[C@]1(C)O. The lowest BCUT2D eigenvalue weighted by molar-refractivity contribution is -0.158. The monoisotopic (exact) mass is 384 g/mol. The third-order valence-corrected chi connectivity index (χ3v) is 5.48. The summed E-state index contributed by atoms with van der Waals surface area (Å²) in [5.74, 6) is -2.06. The van der Waals surface area contributed by atoms with Crippen LogP contribution in [0.3, 0.4) is 0 Å². The molecule has 1 aliphatic carbocycles. The number of hydrogen-bond acceptors (Lipinski definition) is 4. The molecule has 1 heterocycles. The van der Waals surface area contributed by atoms with E-state index in [2.05, 4.69) is 37.5 Å². The van der Waals surface area contributed by atoms with Gasteiger partial charge in [0.2, 0.25) is 0 Å². The van der Waals surface area contributed by atoms with Crippen molar-refractivity contribution in [1.29, 1.82) is 0 Å². The van der Waals surface area contributed by atoms with E-state index in [-0.39, 0.29) is 24.0 Å². The van der Waals surface area contributed by atoms with E-state index in [1.54, 1.807) is 6.92 Å². The summed E-state index contributed by atoms with van der Waals surface area (Å²) < 4.78 is 5.29. The van der Waals surface area contributed by atoms with Gasteiger partial charge in [0.25, 0.3) is 5.56 Å². The highest BCUT2D eigenvalue weighted by Crippen LogP contribution is 2.44. The van der Waals surface area contributed by atoms with Crippen LogP contribution in [0.4, 0.5) is 0 Å². The van der Waals surface area contributed by atoms with E-state index in [0.717, 1.165) is 11.1 Å². The van der Waals surface area contributed by atoms with E-state index in [9.17, 15) is 14.7 Å². The molecule has 0 aliphatic heterocycles. The van der Waals surface area contributed by atoms with Gasteiger partial charge in [-0.1, -0.05) is 57.7 Å². The molecule has 6 heteroatoms. The van der Waals surface area contributed by atoms with Gasteiger partial charge < -0.3 is 14.9 Å². The minimum Gasteiger partial charge on any atom is -0.461 e. The minimum atomic E-state index is -1.37. The number of fused-ring (bicyclic) bond motifs is 1. The molecule has 0 spiro atoms. The van der Waals surface area contributed by atoms with Crippen molar-refractivity contribution >= 4 is 5.97 Å². The maximum absolute atomic E-state index is 12.9. The van der Waals surface area contributed by atoms with Gasteiger partial charge in [0.15, 0.2) is 0 Å². The minimum absolute atomic E-state index is 0.0183. The van der Waals surface area contributed by atoms with E-state index in [0.29, 0.717) is 11.3 Å². The maximum atomic E-state index is 12.9. The molecule has 1 aromatic carbocycles. The molecule has 0 radical (unpaired) electrons. The Kier molecular flexibility index (Phi) is 5.10. The van der Waals surface area contributed by atoms with Crippen molar-refractivity contribution in [3.8, 4) is 0 Å². The Bertz CT molecular complexity index is 929. The smallest absolute Gasteiger partial charge is 0.313 e. The predicted octanol–water partition coefficient (Wildman–Crippen LogP) is 2.78. The Labute approximate surface area is 164 Å². The van der Waals surface area contributed by atoms with Crippen LogP contribution in [0.15, 0.2) is 41.7 Å². The van der Waals surface area contributed by atoms with Crippen LogP contribution in [-0.4, -0.2) is 33.5 Å². The van der Waals surface area contributed by atoms with Crippen molar-refractivity contribution in [3.05, 3.63) is 69.7 Å². The number of aromatic nitrogens is 2. The number of rotatable bonds is 4. The molecular formula is C22H28N2O4. The summed E-state index contributed by atoms with van der Waals surface area (Å²) in [7, 11) is 0. The number of H-pyrrole nitrogens is 2. The van der Waals surface area contributed by atoms with Crippen molar-refractivity contribution in [2.45, 2.75) is 51.0 Å². The van der Waals surface area contributed by atoms with Crippen LogP contribution >= 0.6 is 0 Å². The topological polar surface area (TPSA) is 95.2 Å². The number of esters is 1. The zero-order valence-corrected chi connectivity index (χ0v) is 16.8. The summed E-state index contributed by atoms with van der Waals surface area (Å²) in [6.07, 6.45) is 1.64. The molecule has 0 amide bonds. The molecule has 150 valence electrons. The number of ether oxygens (including phenoxy) is 1. The molecule has 1 aromatic heterocycles. The first-order valence-corrected chi connectivity index (χ1v) is 9.46. The molecule has 0 bridgehead atoms. The van der Waals surface area contributed by atoms with Gasteiger partial charge in [0.1, 0.15) is 6.61 Å². The van der Waals surface area contributed by atoms with E-state index >= 15 is 0 Å². The summed E-state index contributed by atoms with van der Waals surface area (Å²) in [6, 6.07) is 7.86. The van der Waals surface area contributed by atoms with Crippen LogP contribution in [0, 0.1) is 5.92 Å². The van der Waals surface area contributed by atoms with E-state index in [1.165, 1.54) is 6.08 Å². The normalized spacial score (nSPS) is 24.5. The number of aliphatic hydroxyl groups is 1. The van der Waals surface area contributed by atoms with E-state index < -0.39 is 23.4 Å². The molecule has 1 aliphatic rings. The predicted molar refractivity (Wildman–Crippen MR) is 107 cm³/mol. The van der Waals surface area contributed by atoms with Gasteiger partial charge in [0, 0.05) is 23.6 Å². The molecule has 0 fully saturated rings. The average molecular weight is 384 g/mol. The molecule has 0 saturated carbocycles. The first-order valence-electron chi connectivity index (χ1n) is 9.46. The van der Waals surface area contributed by atoms with Crippen molar-refractivity contribution < 1.29 is 14.6 Å². The van der Waals surface area contributed by atoms with Gasteiger partial charge in [-0.3, -0.25) is 14.7 Å². The molecular weight excluding hydrogens is 356 g/mol.